The fraction of sp³-hybridized carbons (Fsp3) is 0.0769. The molecule has 0 aliphatic heterocycles. The molecule has 1 aliphatic rings. The monoisotopic (exact) mass is 200 g/mol. The van der Waals surface area contributed by atoms with Gasteiger partial charge in [0, 0.05) is 0 Å². The molecule has 0 saturated heterocycles. The highest BCUT2D eigenvalue weighted by Crippen LogP contribution is 2.22. The van der Waals surface area contributed by atoms with Gasteiger partial charge in [0.2, 0.25) is 0 Å². The quantitative estimate of drug-likeness (QED) is 0.587. The van der Waals surface area contributed by atoms with Gasteiger partial charge in [-0.2, -0.15) is 0 Å². The van der Waals surface area contributed by atoms with E-state index in [-0.39, 0.29) is 0 Å². The Morgan fingerprint density at radius 1 is 1.00 bits per heavy atom. The molecule has 76 valence electrons. The Hall–Kier alpha value is -1.64. The Bertz CT molecular complexity index is 402. The molecule has 0 spiro atoms. The van der Waals surface area contributed by atoms with E-state index in [9.17, 15) is 0 Å². The van der Waals surface area contributed by atoms with Gasteiger partial charge in [-0.15, -0.1) is 0 Å². The van der Waals surface area contributed by atoms with Gasteiger partial charge in [0.1, 0.15) is 6.10 Å². The highest BCUT2D eigenvalue weighted by molar-refractivity contribution is 5.72. The molecule has 0 aromatic heterocycles. The van der Waals surface area contributed by atoms with E-state index in [0.29, 0.717) is 0 Å². The minimum atomic E-state index is -0.401. The van der Waals surface area contributed by atoms with E-state index in [1.165, 1.54) is 0 Å². The summed E-state index contributed by atoms with van der Waals surface area (Å²) in [5, 5.41) is 8.83. The minimum absolute atomic E-state index is 0.401. The van der Waals surface area contributed by atoms with Gasteiger partial charge in [-0.3, -0.25) is 5.26 Å². The molecule has 2 nitrogen and oxygen atoms in total. The average Bonchev–Trinajstić information content (AvgIpc) is 2.55. The Kier molecular flexibility index (Phi) is 3.12. The molecule has 1 aromatic rings. The number of benzene rings is 1. The van der Waals surface area contributed by atoms with Crippen LogP contribution in [0, 0.1) is 0 Å². The number of allylic oxidation sites excluding steroid dienone is 4. The van der Waals surface area contributed by atoms with Crippen LogP contribution in [0.4, 0.5) is 0 Å². The lowest BCUT2D eigenvalue weighted by atomic mass is 10.0. The van der Waals surface area contributed by atoms with Gasteiger partial charge < -0.3 is 0 Å². The molecule has 15 heavy (non-hydrogen) atoms. The molecule has 1 aromatic carbocycles. The third-order valence-electron chi connectivity index (χ3n) is 2.31. The Labute approximate surface area is 88.7 Å². The highest BCUT2D eigenvalue weighted by atomic mass is 17.1. The molecule has 1 atom stereocenters. The maximum absolute atomic E-state index is 8.83. The lowest BCUT2D eigenvalue weighted by Gasteiger charge is -2.12. The Balaban J connectivity index is 2.38. The van der Waals surface area contributed by atoms with Gasteiger partial charge in [-0.1, -0.05) is 54.6 Å². The molecular weight excluding hydrogens is 188 g/mol. The van der Waals surface area contributed by atoms with Crippen molar-refractivity contribution in [3.8, 4) is 0 Å². The first-order chi connectivity index (χ1) is 7.42. The van der Waals surface area contributed by atoms with Crippen molar-refractivity contribution in [3.05, 3.63) is 66.3 Å². The van der Waals surface area contributed by atoms with Crippen LogP contribution in [0.3, 0.4) is 0 Å². The minimum Gasteiger partial charge on any atom is -0.251 e. The summed E-state index contributed by atoms with van der Waals surface area (Å²) in [5.74, 6) is 0. The molecule has 0 heterocycles. The molecule has 0 saturated carbocycles. The second-order valence-corrected chi connectivity index (χ2v) is 3.28. The van der Waals surface area contributed by atoms with Crippen LogP contribution < -0.4 is 0 Å². The van der Waals surface area contributed by atoms with Crippen LogP contribution in [0.25, 0.3) is 5.57 Å². The Morgan fingerprint density at radius 3 is 2.53 bits per heavy atom. The summed E-state index contributed by atoms with van der Waals surface area (Å²) < 4.78 is 0. The molecular formula is C13H12O2. The van der Waals surface area contributed by atoms with E-state index in [0.717, 1.165) is 11.1 Å². The lowest BCUT2D eigenvalue weighted by Crippen LogP contribution is -2.09. The summed E-state index contributed by atoms with van der Waals surface area (Å²) in [4.78, 5) is 4.44. The van der Waals surface area contributed by atoms with E-state index in [4.69, 9.17) is 5.26 Å². The maximum Gasteiger partial charge on any atom is 0.137 e. The van der Waals surface area contributed by atoms with Gasteiger partial charge >= 0.3 is 0 Å². The second-order valence-electron chi connectivity index (χ2n) is 3.28. The summed E-state index contributed by atoms with van der Waals surface area (Å²) in [6.07, 6.45) is 9.04. The largest absolute Gasteiger partial charge is 0.251 e. The van der Waals surface area contributed by atoms with Crippen molar-refractivity contribution in [2.24, 2.45) is 0 Å². The molecule has 1 unspecified atom stereocenters. The molecule has 1 aliphatic carbocycles. The fourth-order valence-electron chi connectivity index (χ4n) is 1.57. The number of hydrogen-bond donors (Lipinski definition) is 1. The zero-order chi connectivity index (χ0) is 10.5. The smallest absolute Gasteiger partial charge is 0.137 e. The third kappa shape index (κ3) is 2.24. The molecule has 2 heteroatoms. The van der Waals surface area contributed by atoms with Crippen LogP contribution in [-0.2, 0) is 4.89 Å². The Morgan fingerprint density at radius 2 is 1.80 bits per heavy atom. The normalized spacial score (nSPS) is 19.8. The van der Waals surface area contributed by atoms with Crippen molar-refractivity contribution in [1.29, 1.82) is 0 Å². The molecule has 0 bridgehead atoms. The molecule has 1 N–H and O–H groups in total. The summed E-state index contributed by atoms with van der Waals surface area (Å²) in [6.45, 7) is 0. The van der Waals surface area contributed by atoms with E-state index in [2.05, 4.69) is 4.89 Å². The molecule has 0 amide bonds. The van der Waals surface area contributed by atoms with E-state index >= 15 is 0 Å². The van der Waals surface area contributed by atoms with Crippen LogP contribution in [-0.4, -0.2) is 11.4 Å². The first-order valence-corrected chi connectivity index (χ1v) is 4.82. The predicted molar refractivity (Wildman–Crippen MR) is 60.2 cm³/mol. The maximum atomic E-state index is 8.83. The lowest BCUT2D eigenvalue weighted by molar-refractivity contribution is -0.251. The van der Waals surface area contributed by atoms with Gasteiger partial charge in [0.05, 0.1) is 0 Å². The highest BCUT2D eigenvalue weighted by Gasteiger charge is 2.13. The average molecular weight is 200 g/mol. The van der Waals surface area contributed by atoms with Gasteiger partial charge in [0.15, 0.2) is 0 Å². The summed E-state index contributed by atoms with van der Waals surface area (Å²) in [5.41, 5.74) is 2.00. The zero-order valence-electron chi connectivity index (χ0n) is 8.21. The fourth-order valence-corrected chi connectivity index (χ4v) is 1.57. The van der Waals surface area contributed by atoms with Gasteiger partial charge in [-0.05, 0) is 17.2 Å². The first kappa shape index (κ1) is 9.90. The topological polar surface area (TPSA) is 29.5 Å². The van der Waals surface area contributed by atoms with Crippen molar-refractivity contribution < 1.29 is 10.1 Å². The van der Waals surface area contributed by atoms with Crippen LogP contribution in [0.2, 0.25) is 0 Å². The van der Waals surface area contributed by atoms with Crippen LogP contribution in [0.1, 0.15) is 5.56 Å². The van der Waals surface area contributed by atoms with Crippen LogP contribution >= 0.6 is 0 Å². The molecule has 0 fully saturated rings. The van der Waals surface area contributed by atoms with Gasteiger partial charge in [-0.25, -0.2) is 4.89 Å². The standard InChI is InChI=1S/C13H12O2/c14-15-13-10-6-2-5-9-12(13)11-7-3-1-4-8-11/h1-10,13-14H. The first-order valence-electron chi connectivity index (χ1n) is 4.82. The van der Waals surface area contributed by atoms with Crippen molar-refractivity contribution in [2.75, 3.05) is 0 Å². The number of hydrogen-bond acceptors (Lipinski definition) is 2. The van der Waals surface area contributed by atoms with E-state index in [1.54, 1.807) is 0 Å². The van der Waals surface area contributed by atoms with Crippen molar-refractivity contribution in [1.82, 2.24) is 0 Å². The van der Waals surface area contributed by atoms with E-state index < -0.39 is 6.10 Å². The molecule has 2 rings (SSSR count). The summed E-state index contributed by atoms with van der Waals surface area (Å²) in [7, 11) is 0. The number of rotatable bonds is 2. The van der Waals surface area contributed by atoms with Crippen LogP contribution in [0.15, 0.2) is 60.7 Å². The SMILES string of the molecule is OOC1C=CC=CC=C1c1ccccc1. The zero-order valence-corrected chi connectivity index (χ0v) is 8.21. The van der Waals surface area contributed by atoms with Crippen molar-refractivity contribution >= 4 is 5.57 Å². The van der Waals surface area contributed by atoms with Gasteiger partial charge in [0.25, 0.3) is 0 Å². The van der Waals surface area contributed by atoms with E-state index in [1.807, 2.05) is 60.7 Å². The predicted octanol–water partition coefficient (Wildman–Crippen LogP) is 3.05. The summed E-state index contributed by atoms with van der Waals surface area (Å²) in [6, 6.07) is 9.86. The van der Waals surface area contributed by atoms with Crippen molar-refractivity contribution in [3.63, 3.8) is 0 Å². The summed E-state index contributed by atoms with van der Waals surface area (Å²) >= 11 is 0. The molecule has 0 radical (unpaired) electrons. The van der Waals surface area contributed by atoms with Crippen molar-refractivity contribution in [2.45, 2.75) is 6.10 Å². The third-order valence-corrected chi connectivity index (χ3v) is 2.31. The van der Waals surface area contributed by atoms with Crippen LogP contribution in [0.5, 0.6) is 0 Å². The second kappa shape index (κ2) is 4.73.